The molecule has 0 bridgehead atoms. The molecule has 96 valence electrons. The highest BCUT2D eigenvalue weighted by molar-refractivity contribution is 5.77. The topological polar surface area (TPSA) is 59.0 Å². The number of carbonyl (C=O) groups excluding carboxylic acids is 1. The van der Waals surface area contributed by atoms with Gasteiger partial charge in [0.15, 0.2) is 0 Å². The van der Waals surface area contributed by atoms with E-state index in [9.17, 15) is 4.79 Å². The van der Waals surface area contributed by atoms with Gasteiger partial charge >= 0.3 is 0 Å². The van der Waals surface area contributed by atoms with Crippen molar-refractivity contribution in [2.75, 3.05) is 19.6 Å². The summed E-state index contributed by atoms with van der Waals surface area (Å²) in [5, 5.41) is 5.98. The van der Waals surface area contributed by atoms with Gasteiger partial charge in [0.2, 0.25) is 5.91 Å². The van der Waals surface area contributed by atoms with E-state index in [0.717, 1.165) is 25.5 Å². The fraction of sp³-hybridized carbons (Fsp3) is 0.667. The molecule has 0 saturated carbocycles. The molecule has 0 radical (unpaired) electrons. The number of amides is 1. The second-order valence-electron chi connectivity index (χ2n) is 4.54. The van der Waals surface area contributed by atoms with E-state index < -0.39 is 0 Å². The Hall–Kier alpha value is -1.36. The SMILES string of the molecule is Cc1nccn1CCNCC(=O)NCC(C)C. The van der Waals surface area contributed by atoms with E-state index in [1.54, 1.807) is 6.20 Å². The molecule has 0 spiro atoms. The first kappa shape index (κ1) is 13.7. The molecule has 0 atom stereocenters. The molecule has 0 aliphatic carbocycles. The summed E-state index contributed by atoms with van der Waals surface area (Å²) in [4.78, 5) is 15.5. The van der Waals surface area contributed by atoms with Gasteiger partial charge in [-0.15, -0.1) is 0 Å². The number of aryl methyl sites for hydroxylation is 1. The Labute approximate surface area is 103 Å². The minimum atomic E-state index is 0.0565. The van der Waals surface area contributed by atoms with Crippen LogP contribution in [0.2, 0.25) is 0 Å². The lowest BCUT2D eigenvalue weighted by Crippen LogP contribution is -2.36. The molecule has 5 heteroatoms. The summed E-state index contributed by atoms with van der Waals surface area (Å²) >= 11 is 0. The van der Waals surface area contributed by atoms with Crippen LogP contribution in [-0.4, -0.2) is 35.1 Å². The fourth-order valence-electron chi connectivity index (χ4n) is 1.42. The zero-order chi connectivity index (χ0) is 12.7. The Morgan fingerprint density at radius 1 is 1.53 bits per heavy atom. The number of hydrogen-bond donors (Lipinski definition) is 2. The van der Waals surface area contributed by atoms with Gasteiger partial charge in [-0.05, 0) is 12.8 Å². The van der Waals surface area contributed by atoms with Crippen LogP contribution in [0, 0.1) is 12.8 Å². The Balaban J connectivity index is 2.08. The van der Waals surface area contributed by atoms with E-state index in [4.69, 9.17) is 0 Å². The van der Waals surface area contributed by atoms with Crippen LogP contribution in [0.25, 0.3) is 0 Å². The largest absolute Gasteiger partial charge is 0.355 e. The zero-order valence-corrected chi connectivity index (χ0v) is 10.9. The van der Waals surface area contributed by atoms with Crippen molar-refractivity contribution in [3.63, 3.8) is 0 Å². The maximum atomic E-state index is 11.4. The normalized spacial score (nSPS) is 10.8. The minimum Gasteiger partial charge on any atom is -0.355 e. The summed E-state index contributed by atoms with van der Waals surface area (Å²) in [5.41, 5.74) is 0. The Morgan fingerprint density at radius 3 is 2.88 bits per heavy atom. The first-order valence-corrected chi connectivity index (χ1v) is 6.04. The summed E-state index contributed by atoms with van der Waals surface area (Å²) < 4.78 is 2.05. The number of hydrogen-bond acceptors (Lipinski definition) is 3. The average Bonchev–Trinajstić information content (AvgIpc) is 2.68. The van der Waals surface area contributed by atoms with E-state index in [1.807, 2.05) is 13.1 Å². The molecule has 0 saturated heterocycles. The second kappa shape index (κ2) is 7.06. The fourth-order valence-corrected chi connectivity index (χ4v) is 1.42. The molecule has 2 N–H and O–H groups in total. The molecular formula is C12H22N4O. The van der Waals surface area contributed by atoms with Gasteiger partial charge in [-0.25, -0.2) is 4.98 Å². The van der Waals surface area contributed by atoms with Crippen LogP contribution in [0.1, 0.15) is 19.7 Å². The van der Waals surface area contributed by atoms with Crippen LogP contribution in [0.15, 0.2) is 12.4 Å². The van der Waals surface area contributed by atoms with Crippen LogP contribution in [0.5, 0.6) is 0 Å². The highest BCUT2D eigenvalue weighted by Gasteiger charge is 2.01. The predicted molar refractivity (Wildman–Crippen MR) is 67.7 cm³/mol. The van der Waals surface area contributed by atoms with Crippen LogP contribution >= 0.6 is 0 Å². The molecule has 1 aromatic rings. The number of imidazole rings is 1. The Bertz CT molecular complexity index is 346. The molecule has 5 nitrogen and oxygen atoms in total. The quantitative estimate of drug-likeness (QED) is 0.682. The highest BCUT2D eigenvalue weighted by Crippen LogP contribution is 1.93. The highest BCUT2D eigenvalue weighted by atomic mass is 16.1. The van der Waals surface area contributed by atoms with Crippen LogP contribution in [0.4, 0.5) is 0 Å². The average molecular weight is 238 g/mol. The summed E-state index contributed by atoms with van der Waals surface area (Å²) in [5.74, 6) is 1.55. The van der Waals surface area contributed by atoms with Gasteiger partial charge in [0.1, 0.15) is 5.82 Å². The van der Waals surface area contributed by atoms with Crippen molar-refractivity contribution in [3.05, 3.63) is 18.2 Å². The van der Waals surface area contributed by atoms with Crippen LogP contribution < -0.4 is 10.6 Å². The van der Waals surface area contributed by atoms with Gasteiger partial charge < -0.3 is 15.2 Å². The van der Waals surface area contributed by atoms with Gasteiger partial charge in [0, 0.05) is 32.0 Å². The van der Waals surface area contributed by atoms with Gasteiger partial charge in [-0.2, -0.15) is 0 Å². The van der Waals surface area contributed by atoms with E-state index in [0.29, 0.717) is 12.5 Å². The van der Waals surface area contributed by atoms with Crippen LogP contribution in [0.3, 0.4) is 0 Å². The number of rotatable bonds is 7. The van der Waals surface area contributed by atoms with Crippen molar-refractivity contribution in [1.82, 2.24) is 20.2 Å². The van der Waals surface area contributed by atoms with E-state index >= 15 is 0 Å². The smallest absolute Gasteiger partial charge is 0.233 e. The summed E-state index contributed by atoms with van der Waals surface area (Å²) in [6.07, 6.45) is 3.72. The summed E-state index contributed by atoms with van der Waals surface area (Å²) in [6, 6.07) is 0. The van der Waals surface area contributed by atoms with Crippen molar-refractivity contribution in [1.29, 1.82) is 0 Å². The van der Waals surface area contributed by atoms with Gasteiger partial charge in [0.25, 0.3) is 0 Å². The number of nitrogens with one attached hydrogen (secondary N) is 2. The van der Waals surface area contributed by atoms with E-state index in [-0.39, 0.29) is 5.91 Å². The predicted octanol–water partition coefficient (Wildman–Crippen LogP) is 0.553. The standard InChI is InChI=1S/C12H22N4O/c1-10(2)8-15-12(17)9-13-4-6-16-7-5-14-11(16)3/h5,7,10,13H,4,6,8-9H2,1-3H3,(H,15,17). The van der Waals surface area contributed by atoms with Gasteiger partial charge in [-0.1, -0.05) is 13.8 Å². The van der Waals surface area contributed by atoms with Crippen molar-refractivity contribution in [2.45, 2.75) is 27.3 Å². The van der Waals surface area contributed by atoms with Crippen LogP contribution in [-0.2, 0) is 11.3 Å². The monoisotopic (exact) mass is 238 g/mol. The third-order valence-electron chi connectivity index (χ3n) is 2.45. The molecular weight excluding hydrogens is 216 g/mol. The number of nitrogens with zero attached hydrogens (tertiary/aromatic N) is 2. The molecule has 1 rings (SSSR count). The lowest BCUT2D eigenvalue weighted by molar-refractivity contribution is -0.120. The Morgan fingerprint density at radius 2 is 2.29 bits per heavy atom. The summed E-state index contributed by atoms with van der Waals surface area (Å²) in [7, 11) is 0. The second-order valence-corrected chi connectivity index (χ2v) is 4.54. The van der Waals surface area contributed by atoms with Crippen molar-refractivity contribution < 1.29 is 4.79 Å². The lowest BCUT2D eigenvalue weighted by Gasteiger charge is -2.09. The maximum Gasteiger partial charge on any atom is 0.233 e. The van der Waals surface area contributed by atoms with Crippen molar-refractivity contribution in [2.24, 2.45) is 5.92 Å². The Kier molecular flexibility index (Phi) is 5.69. The van der Waals surface area contributed by atoms with E-state index in [1.165, 1.54) is 0 Å². The summed E-state index contributed by atoms with van der Waals surface area (Å²) in [6.45, 7) is 8.84. The van der Waals surface area contributed by atoms with Gasteiger partial charge in [0.05, 0.1) is 6.54 Å². The molecule has 1 heterocycles. The maximum absolute atomic E-state index is 11.4. The lowest BCUT2D eigenvalue weighted by atomic mass is 10.2. The molecule has 0 aromatic carbocycles. The first-order valence-electron chi connectivity index (χ1n) is 6.04. The molecule has 0 aliphatic rings. The molecule has 17 heavy (non-hydrogen) atoms. The molecule has 0 unspecified atom stereocenters. The first-order chi connectivity index (χ1) is 8.09. The van der Waals surface area contributed by atoms with Crippen molar-refractivity contribution in [3.8, 4) is 0 Å². The molecule has 1 aromatic heterocycles. The third-order valence-corrected chi connectivity index (χ3v) is 2.45. The molecule has 1 amide bonds. The number of aromatic nitrogens is 2. The molecule has 0 fully saturated rings. The van der Waals surface area contributed by atoms with Crippen molar-refractivity contribution >= 4 is 5.91 Å². The minimum absolute atomic E-state index is 0.0565. The van der Waals surface area contributed by atoms with E-state index in [2.05, 4.69) is 34.0 Å². The zero-order valence-electron chi connectivity index (χ0n) is 10.9. The van der Waals surface area contributed by atoms with Gasteiger partial charge in [-0.3, -0.25) is 4.79 Å². The number of carbonyl (C=O) groups is 1. The molecule has 0 aliphatic heterocycles. The third kappa shape index (κ3) is 5.49.